The fourth-order valence-electron chi connectivity index (χ4n) is 5.34. The molecule has 2 fully saturated rings. The van der Waals surface area contributed by atoms with Crippen LogP contribution in [0.4, 0.5) is 5.69 Å². The van der Waals surface area contributed by atoms with E-state index in [4.69, 9.17) is 4.42 Å². The van der Waals surface area contributed by atoms with E-state index in [2.05, 4.69) is 10.6 Å². The number of furan rings is 1. The summed E-state index contributed by atoms with van der Waals surface area (Å²) < 4.78 is 5.72. The average molecular weight is 502 g/mol. The first kappa shape index (κ1) is 24.7. The van der Waals surface area contributed by atoms with Gasteiger partial charge in [-0.25, -0.2) is 0 Å². The van der Waals surface area contributed by atoms with Gasteiger partial charge in [-0.2, -0.15) is 0 Å². The summed E-state index contributed by atoms with van der Waals surface area (Å²) in [6, 6.07) is 15.6. The van der Waals surface area contributed by atoms with E-state index in [1.807, 2.05) is 35.2 Å². The zero-order chi connectivity index (χ0) is 26.0. The third-order valence-electron chi connectivity index (χ3n) is 7.51. The molecule has 0 spiro atoms. The highest BCUT2D eigenvalue weighted by molar-refractivity contribution is 6.01. The van der Waals surface area contributed by atoms with Crippen molar-refractivity contribution >= 4 is 40.0 Å². The summed E-state index contributed by atoms with van der Waals surface area (Å²) in [7, 11) is 0. The highest BCUT2D eigenvalue weighted by atomic mass is 16.3. The van der Waals surface area contributed by atoms with Crippen LogP contribution >= 0.6 is 0 Å². The second-order valence-corrected chi connectivity index (χ2v) is 10.1. The molecule has 2 aliphatic rings. The van der Waals surface area contributed by atoms with Gasteiger partial charge in [0.25, 0.3) is 5.91 Å². The monoisotopic (exact) mass is 501 g/mol. The number of Topliss-reactive ketones (excluding diaryl/α,β-unsaturated/α-hetero) is 2. The molecule has 2 N–H and O–H groups in total. The van der Waals surface area contributed by atoms with Gasteiger partial charge >= 0.3 is 0 Å². The smallest absolute Gasteiger partial charge is 0.287 e. The molecule has 0 bridgehead atoms. The van der Waals surface area contributed by atoms with E-state index in [0.717, 1.165) is 30.3 Å². The second-order valence-electron chi connectivity index (χ2n) is 10.1. The molecule has 1 aliphatic heterocycles. The quantitative estimate of drug-likeness (QED) is 0.494. The normalized spacial score (nSPS) is 19.4. The number of carbonyl (C=O) groups is 4. The van der Waals surface area contributed by atoms with Crippen molar-refractivity contribution in [2.75, 3.05) is 18.0 Å². The van der Waals surface area contributed by atoms with Crippen molar-refractivity contribution in [1.82, 2.24) is 10.6 Å². The van der Waals surface area contributed by atoms with Crippen molar-refractivity contribution in [3.05, 3.63) is 65.9 Å². The van der Waals surface area contributed by atoms with Crippen LogP contribution in [-0.2, 0) is 9.59 Å². The van der Waals surface area contributed by atoms with Gasteiger partial charge in [-0.1, -0.05) is 37.5 Å². The van der Waals surface area contributed by atoms with E-state index < -0.39 is 17.5 Å². The third-order valence-corrected chi connectivity index (χ3v) is 7.51. The number of piperidine rings is 1. The Balaban J connectivity index is 1.26. The van der Waals surface area contributed by atoms with Crippen molar-refractivity contribution in [3.8, 4) is 0 Å². The van der Waals surface area contributed by atoms with Crippen molar-refractivity contribution in [2.24, 2.45) is 0 Å². The number of fused-ring (bicyclic) bond motifs is 1. The standard InChI is InChI=1S/C29H31N3O5/c1-19(33)20-9-11-22(12-10-20)32-16-13-23(24(34)18-32)30-28(36)29(14-5-2-6-15-29)31-27(35)26-17-21-7-3-4-8-25(21)37-26/h3-4,7-12,17,23H,2,5-6,13-16,18H2,1H3,(H,30,36)(H,31,35). The molecule has 1 unspecified atom stereocenters. The molecule has 0 radical (unpaired) electrons. The highest BCUT2D eigenvalue weighted by Crippen LogP contribution is 2.30. The fraction of sp³-hybridized carbons (Fsp3) is 0.379. The Bertz CT molecular complexity index is 1300. The fourth-order valence-corrected chi connectivity index (χ4v) is 5.34. The zero-order valence-electron chi connectivity index (χ0n) is 20.9. The van der Waals surface area contributed by atoms with Crippen LogP contribution in [0, 0.1) is 0 Å². The molecule has 8 heteroatoms. The summed E-state index contributed by atoms with van der Waals surface area (Å²) >= 11 is 0. The number of hydrogen-bond acceptors (Lipinski definition) is 6. The first-order valence-electron chi connectivity index (χ1n) is 12.9. The Hall–Kier alpha value is -3.94. The Kier molecular flexibility index (Phi) is 6.82. The number of amides is 2. The molecule has 37 heavy (non-hydrogen) atoms. The summed E-state index contributed by atoms with van der Waals surface area (Å²) in [4.78, 5) is 53.2. The summed E-state index contributed by atoms with van der Waals surface area (Å²) in [5.41, 5.74) is 1.03. The third kappa shape index (κ3) is 5.14. The first-order valence-corrected chi connectivity index (χ1v) is 12.9. The molecule has 1 atom stereocenters. The molecular weight excluding hydrogens is 470 g/mol. The van der Waals surface area contributed by atoms with Crippen LogP contribution in [0.5, 0.6) is 0 Å². The van der Waals surface area contributed by atoms with Gasteiger partial charge in [-0.3, -0.25) is 19.2 Å². The predicted molar refractivity (Wildman–Crippen MR) is 140 cm³/mol. The van der Waals surface area contributed by atoms with Gasteiger partial charge < -0.3 is 20.0 Å². The van der Waals surface area contributed by atoms with Gasteiger partial charge in [0, 0.05) is 23.2 Å². The zero-order valence-corrected chi connectivity index (χ0v) is 20.9. The summed E-state index contributed by atoms with van der Waals surface area (Å²) in [6.45, 7) is 2.28. The average Bonchev–Trinajstić information content (AvgIpc) is 3.35. The van der Waals surface area contributed by atoms with Gasteiger partial charge in [0.05, 0.1) is 12.6 Å². The van der Waals surface area contributed by atoms with Crippen LogP contribution in [0.3, 0.4) is 0 Å². The second kappa shape index (κ2) is 10.2. The van der Waals surface area contributed by atoms with Crippen LogP contribution in [0.25, 0.3) is 11.0 Å². The van der Waals surface area contributed by atoms with Crippen molar-refractivity contribution in [3.63, 3.8) is 0 Å². The van der Waals surface area contributed by atoms with Crippen LogP contribution in [-0.4, -0.2) is 48.1 Å². The van der Waals surface area contributed by atoms with E-state index in [1.54, 1.807) is 24.3 Å². The Morgan fingerprint density at radius 2 is 1.73 bits per heavy atom. The topological polar surface area (TPSA) is 109 Å². The van der Waals surface area contributed by atoms with Gasteiger partial charge in [0.1, 0.15) is 11.1 Å². The predicted octanol–water partition coefficient (Wildman–Crippen LogP) is 4.03. The van der Waals surface area contributed by atoms with Gasteiger partial charge in [0.15, 0.2) is 17.3 Å². The molecule has 2 amide bonds. The maximum absolute atomic E-state index is 13.6. The van der Waals surface area contributed by atoms with Crippen molar-refractivity contribution < 1.29 is 23.6 Å². The molecule has 5 rings (SSSR count). The number of nitrogens with one attached hydrogen (secondary N) is 2. The Morgan fingerprint density at radius 3 is 2.41 bits per heavy atom. The molecule has 2 aromatic carbocycles. The molecule has 1 saturated heterocycles. The number of para-hydroxylation sites is 1. The van der Waals surface area contributed by atoms with Crippen LogP contribution in [0.2, 0.25) is 0 Å². The SMILES string of the molecule is CC(=O)c1ccc(N2CCC(NC(=O)C3(NC(=O)c4cc5ccccc5o4)CCCCC3)C(=O)C2)cc1. The largest absolute Gasteiger partial charge is 0.451 e. The lowest BCUT2D eigenvalue weighted by molar-refractivity contribution is -0.133. The maximum Gasteiger partial charge on any atom is 0.287 e. The van der Waals surface area contributed by atoms with Crippen molar-refractivity contribution in [2.45, 2.75) is 57.0 Å². The summed E-state index contributed by atoms with van der Waals surface area (Å²) in [6.07, 6.45) is 4.12. The molecule has 1 saturated carbocycles. The van der Waals surface area contributed by atoms with Gasteiger partial charge in [-0.05, 0) is 62.6 Å². The molecule has 192 valence electrons. The number of carbonyl (C=O) groups excluding carboxylic acids is 4. The van der Waals surface area contributed by atoms with E-state index in [0.29, 0.717) is 37.0 Å². The van der Waals surface area contributed by atoms with Gasteiger partial charge in [-0.15, -0.1) is 0 Å². The lowest BCUT2D eigenvalue weighted by atomic mass is 9.80. The number of nitrogens with zero attached hydrogens (tertiary/aromatic N) is 1. The minimum Gasteiger partial charge on any atom is -0.451 e. The minimum atomic E-state index is -1.08. The Morgan fingerprint density at radius 1 is 1.00 bits per heavy atom. The number of hydrogen-bond donors (Lipinski definition) is 2. The van der Waals surface area contributed by atoms with Crippen LogP contribution in [0.1, 0.15) is 66.4 Å². The number of anilines is 1. The lowest BCUT2D eigenvalue weighted by Gasteiger charge is -2.39. The first-order chi connectivity index (χ1) is 17.8. The van der Waals surface area contributed by atoms with Crippen LogP contribution in [0.15, 0.2) is 59.0 Å². The lowest BCUT2D eigenvalue weighted by Crippen LogP contribution is -2.63. The van der Waals surface area contributed by atoms with Gasteiger partial charge in [0.2, 0.25) is 5.91 Å². The molecular formula is C29H31N3O5. The van der Waals surface area contributed by atoms with E-state index in [1.165, 1.54) is 6.92 Å². The minimum absolute atomic E-state index is 0.00639. The Labute approximate surface area is 215 Å². The summed E-state index contributed by atoms with van der Waals surface area (Å²) in [5, 5.41) is 6.74. The molecule has 8 nitrogen and oxygen atoms in total. The van der Waals surface area contributed by atoms with E-state index >= 15 is 0 Å². The number of ketones is 2. The van der Waals surface area contributed by atoms with E-state index in [-0.39, 0.29) is 29.8 Å². The molecule has 2 heterocycles. The highest BCUT2D eigenvalue weighted by Gasteiger charge is 2.43. The molecule has 1 aliphatic carbocycles. The van der Waals surface area contributed by atoms with E-state index in [9.17, 15) is 19.2 Å². The maximum atomic E-state index is 13.6. The number of benzene rings is 2. The summed E-state index contributed by atoms with van der Waals surface area (Å²) in [5.74, 6) is -0.658. The molecule has 1 aromatic heterocycles. The van der Waals surface area contributed by atoms with Crippen molar-refractivity contribution in [1.29, 1.82) is 0 Å². The number of rotatable bonds is 6. The molecule has 3 aromatic rings. The van der Waals surface area contributed by atoms with Crippen LogP contribution < -0.4 is 15.5 Å².